The number of imidazole rings is 1. The Bertz CT molecular complexity index is 1110. The van der Waals surface area contributed by atoms with E-state index < -0.39 is 29.7 Å². The zero-order chi connectivity index (χ0) is 22.0. The number of hydrogen-bond acceptors (Lipinski definition) is 4. The number of carbonyl (C=O) groups excluding carboxylic acids is 2. The van der Waals surface area contributed by atoms with Crippen LogP contribution in [0.1, 0.15) is 44.7 Å². The minimum absolute atomic E-state index is 0.139. The number of ether oxygens (including phenoxy) is 1. The van der Waals surface area contributed by atoms with Gasteiger partial charge < -0.3 is 9.30 Å². The quantitative estimate of drug-likeness (QED) is 0.319. The van der Waals surface area contributed by atoms with Crippen LogP contribution >= 0.6 is 0 Å². The highest BCUT2D eigenvalue weighted by Gasteiger charge is 2.48. The summed E-state index contributed by atoms with van der Waals surface area (Å²) in [5.74, 6) is -2.27. The predicted molar refractivity (Wildman–Crippen MR) is 116 cm³/mol. The number of fused-ring (bicyclic) bond motifs is 3. The standard InChI is InChI=1S/C24H26FN3O3/c1-3-5-10-15-27-22(29)20(23(30)31-4-2)21(16-11-6-7-12-17(16)25)28-19-14-9-8-13-18(19)26-24(27)28/h6-9,11-14,20-21H,3-5,10,15H2,1-2H3/t20-,21-/m1/s1. The smallest absolute Gasteiger partial charge is 0.321 e. The van der Waals surface area contributed by atoms with Gasteiger partial charge >= 0.3 is 5.97 Å². The van der Waals surface area contributed by atoms with Gasteiger partial charge in [-0.2, -0.15) is 0 Å². The molecule has 1 aromatic heterocycles. The monoisotopic (exact) mass is 423 g/mol. The van der Waals surface area contributed by atoms with Crippen molar-refractivity contribution >= 4 is 28.9 Å². The van der Waals surface area contributed by atoms with Crippen LogP contribution in [0.3, 0.4) is 0 Å². The third-order valence-corrected chi connectivity index (χ3v) is 5.69. The SMILES string of the molecule is CCCCCN1C(=O)[C@H](C(=O)OCC)[C@@H](c2ccccc2F)n2c1nc1ccccc12. The lowest BCUT2D eigenvalue weighted by molar-refractivity contribution is -0.153. The maximum Gasteiger partial charge on any atom is 0.321 e. The Kier molecular flexibility index (Phi) is 6.02. The van der Waals surface area contributed by atoms with Crippen molar-refractivity contribution in [2.75, 3.05) is 18.1 Å². The van der Waals surface area contributed by atoms with E-state index in [0.29, 0.717) is 18.0 Å². The van der Waals surface area contributed by atoms with E-state index in [2.05, 4.69) is 6.92 Å². The van der Waals surface area contributed by atoms with Gasteiger partial charge in [-0.25, -0.2) is 9.37 Å². The van der Waals surface area contributed by atoms with Crippen LogP contribution < -0.4 is 4.90 Å². The molecule has 0 fully saturated rings. The number of aromatic nitrogens is 2. The summed E-state index contributed by atoms with van der Waals surface area (Å²) in [5, 5.41) is 0. The fourth-order valence-corrected chi connectivity index (χ4v) is 4.27. The third-order valence-electron chi connectivity index (χ3n) is 5.69. The Balaban J connectivity index is 1.96. The maximum absolute atomic E-state index is 15.0. The molecular formula is C24H26FN3O3. The fraction of sp³-hybridized carbons (Fsp3) is 0.375. The molecule has 0 saturated heterocycles. The molecule has 1 aliphatic rings. The van der Waals surface area contributed by atoms with Gasteiger partial charge in [0.2, 0.25) is 11.9 Å². The van der Waals surface area contributed by atoms with Crippen molar-refractivity contribution in [1.29, 1.82) is 0 Å². The van der Waals surface area contributed by atoms with E-state index in [4.69, 9.17) is 9.72 Å². The average molecular weight is 423 g/mol. The van der Waals surface area contributed by atoms with Crippen molar-refractivity contribution in [3.05, 3.63) is 59.9 Å². The summed E-state index contributed by atoms with van der Waals surface area (Å²) >= 11 is 0. The summed E-state index contributed by atoms with van der Waals surface area (Å²) < 4.78 is 22.1. The Hall–Kier alpha value is -3.22. The first-order valence-corrected chi connectivity index (χ1v) is 10.8. The molecule has 0 bridgehead atoms. The van der Waals surface area contributed by atoms with Crippen molar-refractivity contribution in [2.24, 2.45) is 5.92 Å². The molecule has 0 spiro atoms. The number of nitrogens with zero attached hydrogens (tertiary/aromatic N) is 3. The van der Waals surface area contributed by atoms with Gasteiger partial charge in [0.05, 0.1) is 23.7 Å². The van der Waals surface area contributed by atoms with Crippen LogP contribution in [0.25, 0.3) is 11.0 Å². The van der Waals surface area contributed by atoms with E-state index in [9.17, 15) is 14.0 Å². The Morgan fingerprint density at radius 3 is 2.58 bits per heavy atom. The molecule has 7 heteroatoms. The zero-order valence-electron chi connectivity index (χ0n) is 17.8. The largest absolute Gasteiger partial charge is 0.465 e. The first kappa shape index (κ1) is 21.0. The molecule has 2 atom stereocenters. The highest BCUT2D eigenvalue weighted by atomic mass is 19.1. The van der Waals surface area contributed by atoms with Gasteiger partial charge in [-0.05, 0) is 31.5 Å². The second-order valence-electron chi connectivity index (χ2n) is 7.66. The lowest BCUT2D eigenvalue weighted by Crippen LogP contribution is -2.50. The molecule has 2 heterocycles. The summed E-state index contributed by atoms with van der Waals surface area (Å²) in [4.78, 5) is 32.9. The molecule has 0 N–H and O–H groups in total. The third kappa shape index (κ3) is 3.69. The summed E-state index contributed by atoms with van der Waals surface area (Å²) in [6.45, 7) is 4.36. The highest BCUT2D eigenvalue weighted by Crippen LogP contribution is 2.42. The molecule has 31 heavy (non-hydrogen) atoms. The summed E-state index contributed by atoms with van der Waals surface area (Å²) in [7, 11) is 0. The number of anilines is 1. The van der Waals surface area contributed by atoms with Crippen LogP contribution in [0.4, 0.5) is 10.3 Å². The molecule has 0 unspecified atom stereocenters. The van der Waals surface area contributed by atoms with Gasteiger partial charge in [-0.1, -0.05) is 50.1 Å². The number of amides is 1. The van der Waals surface area contributed by atoms with E-state index in [1.807, 2.05) is 28.8 Å². The van der Waals surface area contributed by atoms with Crippen LogP contribution in [0.5, 0.6) is 0 Å². The van der Waals surface area contributed by atoms with E-state index >= 15 is 0 Å². The van der Waals surface area contributed by atoms with Gasteiger partial charge in [0, 0.05) is 12.1 Å². The average Bonchev–Trinajstić information content (AvgIpc) is 3.14. The number of rotatable bonds is 7. The number of unbranched alkanes of at least 4 members (excludes halogenated alkanes) is 2. The molecule has 162 valence electrons. The van der Waals surface area contributed by atoms with Gasteiger partial charge in [-0.15, -0.1) is 0 Å². The van der Waals surface area contributed by atoms with Crippen molar-refractivity contribution in [2.45, 2.75) is 39.2 Å². The van der Waals surface area contributed by atoms with Crippen molar-refractivity contribution in [3.63, 3.8) is 0 Å². The van der Waals surface area contributed by atoms with Gasteiger partial charge in [0.1, 0.15) is 5.82 Å². The Morgan fingerprint density at radius 2 is 1.84 bits per heavy atom. The first-order chi connectivity index (χ1) is 15.1. The topological polar surface area (TPSA) is 64.4 Å². The number of benzene rings is 2. The summed E-state index contributed by atoms with van der Waals surface area (Å²) in [6, 6.07) is 12.8. The molecule has 2 aromatic carbocycles. The zero-order valence-corrected chi connectivity index (χ0v) is 17.8. The number of para-hydroxylation sites is 2. The van der Waals surface area contributed by atoms with Crippen LogP contribution in [0, 0.1) is 11.7 Å². The molecule has 4 rings (SSSR count). The molecule has 0 aliphatic carbocycles. The lowest BCUT2D eigenvalue weighted by atomic mass is 9.89. The number of esters is 1. The fourth-order valence-electron chi connectivity index (χ4n) is 4.27. The van der Waals surface area contributed by atoms with E-state index in [-0.39, 0.29) is 12.2 Å². The molecule has 1 amide bonds. The van der Waals surface area contributed by atoms with Gasteiger partial charge in [0.15, 0.2) is 5.92 Å². The lowest BCUT2D eigenvalue weighted by Gasteiger charge is -2.38. The Morgan fingerprint density at radius 1 is 1.10 bits per heavy atom. The first-order valence-electron chi connectivity index (χ1n) is 10.8. The van der Waals surface area contributed by atoms with Crippen LogP contribution in [-0.2, 0) is 14.3 Å². The molecule has 3 aromatic rings. The second kappa shape index (κ2) is 8.88. The van der Waals surface area contributed by atoms with E-state index in [1.165, 1.54) is 6.07 Å². The van der Waals surface area contributed by atoms with Crippen LogP contribution in [-0.4, -0.2) is 34.6 Å². The molecule has 0 saturated carbocycles. The number of halogens is 1. The minimum atomic E-state index is -1.19. The van der Waals surface area contributed by atoms with Crippen molar-refractivity contribution in [1.82, 2.24) is 9.55 Å². The minimum Gasteiger partial charge on any atom is -0.465 e. The second-order valence-corrected chi connectivity index (χ2v) is 7.66. The van der Waals surface area contributed by atoms with Crippen LogP contribution in [0.2, 0.25) is 0 Å². The molecule has 0 radical (unpaired) electrons. The normalized spacial score (nSPS) is 18.3. The van der Waals surface area contributed by atoms with Crippen LogP contribution in [0.15, 0.2) is 48.5 Å². The molecule has 6 nitrogen and oxygen atoms in total. The number of hydrogen-bond donors (Lipinski definition) is 0. The summed E-state index contributed by atoms with van der Waals surface area (Å²) in [5.41, 5.74) is 1.70. The van der Waals surface area contributed by atoms with E-state index in [0.717, 1.165) is 24.8 Å². The molecule has 1 aliphatic heterocycles. The highest BCUT2D eigenvalue weighted by molar-refractivity contribution is 6.08. The summed E-state index contributed by atoms with van der Waals surface area (Å²) in [6.07, 6.45) is 2.73. The number of carbonyl (C=O) groups is 2. The van der Waals surface area contributed by atoms with E-state index in [1.54, 1.807) is 30.0 Å². The van der Waals surface area contributed by atoms with Crippen molar-refractivity contribution in [3.8, 4) is 0 Å². The van der Waals surface area contributed by atoms with Crippen molar-refractivity contribution < 1.29 is 18.7 Å². The van der Waals surface area contributed by atoms with Gasteiger partial charge in [0.25, 0.3) is 0 Å². The maximum atomic E-state index is 15.0. The van der Waals surface area contributed by atoms with Gasteiger partial charge in [-0.3, -0.25) is 14.5 Å². The Labute approximate surface area is 180 Å². The molecular weight excluding hydrogens is 397 g/mol. The predicted octanol–water partition coefficient (Wildman–Crippen LogP) is 4.48.